The lowest BCUT2D eigenvalue weighted by molar-refractivity contribution is -0.159. The standard InChI is InChI=1S/C18H22N4O4.C2H2O4/c1-14-2-3-15(26-14)17(23)22-7-9-25-18(12-22)11-21(6-8-24-13-18)16-10-19-4-5-20-16;3-1(4)2(5)6/h2-5,10H,6-9,11-13H2,1H3;(H,3,4)(H,5,6). The van der Waals surface area contributed by atoms with Crippen molar-refractivity contribution in [3.05, 3.63) is 42.2 Å². The third kappa shape index (κ3) is 5.80. The van der Waals surface area contributed by atoms with E-state index in [0.29, 0.717) is 51.8 Å². The number of aromatic nitrogens is 2. The Bertz CT molecular complexity index is 938. The van der Waals surface area contributed by atoms with Crippen molar-refractivity contribution in [3.63, 3.8) is 0 Å². The molecule has 32 heavy (non-hydrogen) atoms. The number of furan rings is 1. The molecule has 1 amide bonds. The maximum Gasteiger partial charge on any atom is 0.414 e. The van der Waals surface area contributed by atoms with Gasteiger partial charge in [0.25, 0.3) is 5.91 Å². The van der Waals surface area contributed by atoms with Crippen LogP contribution in [0.15, 0.2) is 35.1 Å². The van der Waals surface area contributed by atoms with Gasteiger partial charge >= 0.3 is 11.9 Å². The molecule has 0 bridgehead atoms. The topological polar surface area (TPSA) is 156 Å². The number of morpholine rings is 1. The molecule has 2 fully saturated rings. The van der Waals surface area contributed by atoms with Gasteiger partial charge in [-0.3, -0.25) is 9.78 Å². The number of carboxylic acids is 2. The van der Waals surface area contributed by atoms with E-state index in [9.17, 15) is 4.79 Å². The van der Waals surface area contributed by atoms with Crippen molar-refractivity contribution in [3.8, 4) is 0 Å². The van der Waals surface area contributed by atoms with E-state index in [4.69, 9.17) is 33.7 Å². The molecule has 4 heterocycles. The molecule has 2 N–H and O–H groups in total. The molecule has 2 saturated heterocycles. The van der Waals surface area contributed by atoms with E-state index in [2.05, 4.69) is 14.9 Å². The van der Waals surface area contributed by atoms with Gasteiger partial charge in [0.2, 0.25) is 0 Å². The molecule has 1 atom stereocenters. The van der Waals surface area contributed by atoms with Crippen LogP contribution in [0.5, 0.6) is 0 Å². The third-order valence-corrected chi connectivity index (χ3v) is 4.89. The Morgan fingerprint density at radius 2 is 1.84 bits per heavy atom. The molecule has 0 saturated carbocycles. The first-order valence-corrected chi connectivity index (χ1v) is 9.84. The van der Waals surface area contributed by atoms with Crippen molar-refractivity contribution >= 4 is 23.7 Å². The quantitative estimate of drug-likeness (QED) is 0.609. The average Bonchev–Trinajstić information content (AvgIpc) is 3.12. The summed E-state index contributed by atoms with van der Waals surface area (Å²) < 4.78 is 17.4. The second-order valence-corrected chi connectivity index (χ2v) is 7.32. The van der Waals surface area contributed by atoms with Crippen LogP contribution >= 0.6 is 0 Å². The fourth-order valence-electron chi connectivity index (χ4n) is 3.46. The Balaban J connectivity index is 0.000000427. The average molecular weight is 448 g/mol. The van der Waals surface area contributed by atoms with E-state index >= 15 is 0 Å². The summed E-state index contributed by atoms with van der Waals surface area (Å²) in [5.74, 6) is -1.89. The Kier molecular flexibility index (Phi) is 7.38. The van der Waals surface area contributed by atoms with Gasteiger partial charge in [0, 0.05) is 25.5 Å². The highest BCUT2D eigenvalue weighted by Gasteiger charge is 2.42. The van der Waals surface area contributed by atoms with Gasteiger partial charge in [0.05, 0.1) is 39.1 Å². The van der Waals surface area contributed by atoms with Gasteiger partial charge in [-0.15, -0.1) is 0 Å². The van der Waals surface area contributed by atoms with Crippen LogP contribution in [-0.2, 0) is 19.1 Å². The van der Waals surface area contributed by atoms with Crippen LogP contribution in [0.25, 0.3) is 0 Å². The first-order chi connectivity index (χ1) is 15.3. The van der Waals surface area contributed by atoms with Crippen molar-refractivity contribution in [2.24, 2.45) is 0 Å². The lowest BCUT2D eigenvalue weighted by Gasteiger charge is -2.43. The van der Waals surface area contributed by atoms with Crippen LogP contribution in [0, 0.1) is 6.92 Å². The van der Waals surface area contributed by atoms with Gasteiger partial charge in [-0.25, -0.2) is 14.6 Å². The molecule has 1 unspecified atom stereocenters. The number of anilines is 1. The van der Waals surface area contributed by atoms with Crippen molar-refractivity contribution in [1.82, 2.24) is 14.9 Å². The molecule has 2 aliphatic heterocycles. The number of amides is 1. The molecular formula is C20H24N4O8. The summed E-state index contributed by atoms with van der Waals surface area (Å²) in [5.41, 5.74) is -0.594. The largest absolute Gasteiger partial charge is 0.473 e. The second-order valence-electron chi connectivity index (χ2n) is 7.32. The van der Waals surface area contributed by atoms with Crippen molar-refractivity contribution < 1.29 is 38.5 Å². The number of nitrogens with zero attached hydrogens (tertiary/aromatic N) is 4. The van der Waals surface area contributed by atoms with Gasteiger partial charge < -0.3 is 33.9 Å². The Morgan fingerprint density at radius 3 is 2.47 bits per heavy atom. The van der Waals surface area contributed by atoms with E-state index in [-0.39, 0.29) is 5.91 Å². The number of aryl methyl sites for hydroxylation is 1. The van der Waals surface area contributed by atoms with E-state index in [1.54, 1.807) is 35.6 Å². The predicted molar refractivity (Wildman–Crippen MR) is 108 cm³/mol. The monoisotopic (exact) mass is 448 g/mol. The summed E-state index contributed by atoms with van der Waals surface area (Å²) in [4.78, 5) is 43.4. The van der Waals surface area contributed by atoms with Crippen molar-refractivity contribution in [2.45, 2.75) is 12.5 Å². The summed E-state index contributed by atoms with van der Waals surface area (Å²) in [6, 6.07) is 3.52. The molecular weight excluding hydrogens is 424 g/mol. The number of hydrogen-bond donors (Lipinski definition) is 2. The molecule has 2 aliphatic rings. The van der Waals surface area contributed by atoms with E-state index < -0.39 is 17.5 Å². The molecule has 0 aliphatic carbocycles. The number of hydrogen-bond acceptors (Lipinski definition) is 9. The maximum absolute atomic E-state index is 12.8. The van der Waals surface area contributed by atoms with Gasteiger partial charge in [-0.05, 0) is 19.1 Å². The molecule has 172 valence electrons. The van der Waals surface area contributed by atoms with Crippen LogP contribution in [0.1, 0.15) is 16.3 Å². The third-order valence-electron chi connectivity index (χ3n) is 4.89. The molecule has 12 heteroatoms. The first-order valence-electron chi connectivity index (χ1n) is 9.84. The predicted octanol–water partition coefficient (Wildman–Crippen LogP) is 0.282. The number of rotatable bonds is 2. The fourth-order valence-corrected chi connectivity index (χ4v) is 3.46. The summed E-state index contributed by atoms with van der Waals surface area (Å²) in [7, 11) is 0. The summed E-state index contributed by atoms with van der Waals surface area (Å²) in [6.07, 6.45) is 5.05. The zero-order valence-electron chi connectivity index (χ0n) is 17.5. The molecule has 1 spiro atoms. The number of carbonyl (C=O) groups excluding carboxylic acids is 1. The minimum Gasteiger partial charge on any atom is -0.473 e. The maximum atomic E-state index is 12.8. The van der Waals surface area contributed by atoms with Crippen LogP contribution < -0.4 is 4.90 Å². The fraction of sp³-hybridized carbons (Fsp3) is 0.450. The lowest BCUT2D eigenvalue weighted by Crippen LogP contribution is -2.60. The van der Waals surface area contributed by atoms with Crippen molar-refractivity contribution in [2.75, 3.05) is 50.9 Å². The summed E-state index contributed by atoms with van der Waals surface area (Å²) >= 11 is 0. The van der Waals surface area contributed by atoms with E-state index in [0.717, 1.165) is 11.6 Å². The zero-order valence-corrected chi connectivity index (χ0v) is 17.5. The van der Waals surface area contributed by atoms with Crippen molar-refractivity contribution in [1.29, 1.82) is 0 Å². The van der Waals surface area contributed by atoms with Crippen LogP contribution in [0.2, 0.25) is 0 Å². The molecule has 2 aromatic heterocycles. The summed E-state index contributed by atoms with van der Waals surface area (Å²) in [5, 5.41) is 14.8. The van der Waals surface area contributed by atoms with Crippen LogP contribution in [0.3, 0.4) is 0 Å². The minimum atomic E-state index is -1.82. The molecule has 0 aromatic carbocycles. The van der Waals surface area contributed by atoms with Crippen LogP contribution in [-0.4, -0.2) is 94.5 Å². The zero-order chi connectivity index (χ0) is 23.1. The minimum absolute atomic E-state index is 0.115. The number of carboxylic acid groups (broad SMARTS) is 2. The van der Waals surface area contributed by atoms with Gasteiger partial charge in [-0.1, -0.05) is 0 Å². The van der Waals surface area contributed by atoms with Gasteiger partial charge in [0.15, 0.2) is 5.76 Å². The smallest absolute Gasteiger partial charge is 0.414 e. The van der Waals surface area contributed by atoms with Gasteiger partial charge in [0.1, 0.15) is 17.2 Å². The summed E-state index contributed by atoms with van der Waals surface area (Å²) in [6.45, 7) is 5.58. The molecule has 2 aromatic rings. The highest BCUT2D eigenvalue weighted by Crippen LogP contribution is 2.26. The Morgan fingerprint density at radius 1 is 1.06 bits per heavy atom. The first kappa shape index (κ1) is 23.2. The molecule has 12 nitrogen and oxygen atoms in total. The highest BCUT2D eigenvalue weighted by molar-refractivity contribution is 6.27. The lowest BCUT2D eigenvalue weighted by atomic mass is 10.0. The number of ether oxygens (including phenoxy) is 2. The van der Waals surface area contributed by atoms with Crippen LogP contribution in [0.4, 0.5) is 5.82 Å². The van der Waals surface area contributed by atoms with E-state index in [1.165, 1.54) is 0 Å². The normalized spacial score (nSPS) is 20.8. The SMILES string of the molecule is Cc1ccc(C(=O)N2CCOC3(COCCN(c4cnccn4)C3)C2)o1.O=C(O)C(=O)O. The Labute approximate surface area is 183 Å². The number of carbonyl (C=O) groups is 3. The second kappa shape index (κ2) is 10.2. The number of aliphatic carboxylic acids is 2. The highest BCUT2D eigenvalue weighted by atomic mass is 16.5. The molecule has 4 rings (SSSR count). The molecule has 0 radical (unpaired) electrons. The van der Waals surface area contributed by atoms with Gasteiger partial charge in [-0.2, -0.15) is 0 Å². The Hall–Kier alpha value is -3.51. The van der Waals surface area contributed by atoms with E-state index in [1.807, 2.05) is 6.92 Å².